The molecule has 1 aromatic carbocycles. The molecular formula is C15H15NO4S. The van der Waals surface area contributed by atoms with Crippen LogP contribution in [-0.2, 0) is 11.2 Å². The lowest BCUT2D eigenvalue weighted by Gasteiger charge is -2.08. The number of carboxylic acids is 1. The molecule has 0 fully saturated rings. The molecule has 6 heteroatoms. The van der Waals surface area contributed by atoms with Crippen molar-refractivity contribution in [2.24, 2.45) is 0 Å². The van der Waals surface area contributed by atoms with Crippen LogP contribution < -0.4 is 10.1 Å². The molecule has 0 saturated carbocycles. The van der Waals surface area contributed by atoms with Crippen LogP contribution in [0.15, 0.2) is 35.7 Å². The lowest BCUT2D eigenvalue weighted by molar-refractivity contribution is -0.118. The summed E-state index contributed by atoms with van der Waals surface area (Å²) in [5, 5.41) is 13.3. The number of hydrogen-bond donors (Lipinski definition) is 2. The van der Waals surface area contributed by atoms with E-state index in [1.807, 2.05) is 25.1 Å². The zero-order valence-electron chi connectivity index (χ0n) is 11.5. The van der Waals surface area contributed by atoms with Crippen LogP contribution in [0.2, 0.25) is 0 Å². The van der Waals surface area contributed by atoms with E-state index < -0.39 is 5.97 Å². The van der Waals surface area contributed by atoms with Crippen LogP contribution in [0.4, 0.5) is 5.69 Å². The molecule has 2 aromatic rings. The van der Waals surface area contributed by atoms with E-state index in [0.717, 1.165) is 23.3 Å². The van der Waals surface area contributed by atoms with E-state index in [0.29, 0.717) is 5.69 Å². The van der Waals surface area contributed by atoms with Crippen LogP contribution in [0.5, 0.6) is 5.75 Å². The molecule has 0 bridgehead atoms. The summed E-state index contributed by atoms with van der Waals surface area (Å²) in [6.07, 6.45) is 0.886. The monoisotopic (exact) mass is 305 g/mol. The van der Waals surface area contributed by atoms with Gasteiger partial charge in [0.2, 0.25) is 0 Å². The van der Waals surface area contributed by atoms with E-state index in [9.17, 15) is 9.59 Å². The third-order valence-corrected chi connectivity index (χ3v) is 3.68. The maximum Gasteiger partial charge on any atom is 0.349 e. The van der Waals surface area contributed by atoms with Gasteiger partial charge in [-0.05, 0) is 35.6 Å². The molecule has 0 unspecified atom stereocenters. The van der Waals surface area contributed by atoms with Gasteiger partial charge < -0.3 is 15.2 Å². The Labute approximate surface area is 126 Å². The Hall–Kier alpha value is -2.34. The molecule has 5 nitrogen and oxygen atoms in total. The molecule has 1 aromatic heterocycles. The maximum absolute atomic E-state index is 11.8. The highest BCUT2D eigenvalue weighted by Gasteiger charge is 2.14. The first-order valence-electron chi connectivity index (χ1n) is 6.42. The fourth-order valence-corrected chi connectivity index (χ4v) is 2.45. The van der Waals surface area contributed by atoms with Gasteiger partial charge in [-0.2, -0.15) is 0 Å². The fourth-order valence-electron chi connectivity index (χ4n) is 1.78. The second kappa shape index (κ2) is 6.90. The van der Waals surface area contributed by atoms with Gasteiger partial charge in [0, 0.05) is 5.69 Å². The number of aromatic carboxylic acids is 1. The molecule has 0 spiro atoms. The van der Waals surface area contributed by atoms with Crippen molar-refractivity contribution in [3.63, 3.8) is 0 Å². The summed E-state index contributed by atoms with van der Waals surface area (Å²) < 4.78 is 5.25. The third-order valence-electron chi connectivity index (χ3n) is 2.80. The Morgan fingerprint density at radius 1 is 1.33 bits per heavy atom. The van der Waals surface area contributed by atoms with Gasteiger partial charge >= 0.3 is 5.97 Å². The molecule has 0 aliphatic carbocycles. The normalized spacial score (nSPS) is 10.1. The number of amides is 1. The van der Waals surface area contributed by atoms with Crippen LogP contribution in [0.1, 0.15) is 22.2 Å². The number of nitrogens with one attached hydrogen (secondary N) is 1. The minimum absolute atomic E-state index is 0.0933. The first-order chi connectivity index (χ1) is 10.1. The first kappa shape index (κ1) is 15.1. The predicted molar refractivity (Wildman–Crippen MR) is 81.2 cm³/mol. The highest BCUT2D eigenvalue weighted by Crippen LogP contribution is 2.24. The van der Waals surface area contributed by atoms with E-state index in [-0.39, 0.29) is 23.1 Å². The Kier molecular flexibility index (Phi) is 4.94. The average molecular weight is 305 g/mol. The van der Waals surface area contributed by atoms with Gasteiger partial charge in [0.05, 0.1) is 0 Å². The molecule has 0 radical (unpaired) electrons. The Bertz CT molecular complexity index is 651. The van der Waals surface area contributed by atoms with E-state index in [1.54, 1.807) is 17.5 Å². The van der Waals surface area contributed by atoms with Crippen molar-refractivity contribution >= 4 is 28.9 Å². The van der Waals surface area contributed by atoms with Gasteiger partial charge in [-0.3, -0.25) is 4.79 Å². The van der Waals surface area contributed by atoms with Crippen molar-refractivity contribution in [3.8, 4) is 5.75 Å². The Morgan fingerprint density at radius 3 is 2.86 bits per heavy atom. The Morgan fingerprint density at radius 2 is 2.14 bits per heavy atom. The van der Waals surface area contributed by atoms with Crippen LogP contribution in [-0.4, -0.2) is 23.6 Å². The zero-order valence-corrected chi connectivity index (χ0v) is 12.3. The van der Waals surface area contributed by atoms with Crippen molar-refractivity contribution in [2.45, 2.75) is 13.3 Å². The van der Waals surface area contributed by atoms with Gasteiger partial charge in [-0.25, -0.2) is 4.79 Å². The molecule has 0 aliphatic heterocycles. The second-order valence-corrected chi connectivity index (χ2v) is 5.23. The SMILES string of the molecule is CCc1cccc(NC(=O)COc2ccsc2C(=O)O)c1. The van der Waals surface area contributed by atoms with Crippen LogP contribution in [0.3, 0.4) is 0 Å². The number of carbonyl (C=O) groups excluding carboxylic acids is 1. The van der Waals surface area contributed by atoms with Gasteiger partial charge in [0.15, 0.2) is 11.5 Å². The standard InChI is InChI=1S/C15H15NO4S/c1-2-10-4-3-5-11(8-10)16-13(17)9-20-12-6-7-21-14(12)15(18)19/h3-8H,2,9H2,1H3,(H,16,17)(H,18,19). The van der Waals surface area contributed by atoms with E-state index in [4.69, 9.17) is 9.84 Å². The quantitative estimate of drug-likeness (QED) is 0.860. The molecule has 0 atom stereocenters. The third kappa shape index (κ3) is 4.06. The lowest BCUT2D eigenvalue weighted by atomic mass is 10.1. The highest BCUT2D eigenvalue weighted by atomic mass is 32.1. The van der Waals surface area contributed by atoms with Gasteiger partial charge in [-0.15, -0.1) is 11.3 Å². The largest absolute Gasteiger partial charge is 0.482 e. The van der Waals surface area contributed by atoms with Crippen LogP contribution in [0.25, 0.3) is 0 Å². The van der Waals surface area contributed by atoms with E-state index in [2.05, 4.69) is 5.32 Å². The highest BCUT2D eigenvalue weighted by molar-refractivity contribution is 7.12. The molecule has 110 valence electrons. The smallest absolute Gasteiger partial charge is 0.349 e. The summed E-state index contributed by atoms with van der Waals surface area (Å²) in [5.74, 6) is -1.17. The van der Waals surface area contributed by atoms with Crippen molar-refractivity contribution in [1.29, 1.82) is 0 Å². The predicted octanol–water partition coefficient (Wildman–Crippen LogP) is 3.03. The lowest BCUT2D eigenvalue weighted by Crippen LogP contribution is -2.20. The van der Waals surface area contributed by atoms with E-state index >= 15 is 0 Å². The summed E-state index contributed by atoms with van der Waals surface area (Å²) in [7, 11) is 0. The van der Waals surface area contributed by atoms with Crippen molar-refractivity contribution < 1.29 is 19.4 Å². The molecule has 2 rings (SSSR count). The van der Waals surface area contributed by atoms with Gasteiger partial charge in [0.1, 0.15) is 5.75 Å². The second-order valence-electron chi connectivity index (χ2n) is 4.31. The summed E-state index contributed by atoms with van der Waals surface area (Å²) in [5.41, 5.74) is 1.83. The minimum Gasteiger partial charge on any atom is -0.482 e. The fraction of sp³-hybridized carbons (Fsp3) is 0.200. The molecule has 1 amide bonds. The minimum atomic E-state index is -1.06. The number of carboxylic acid groups (broad SMARTS) is 1. The van der Waals surface area contributed by atoms with Crippen LogP contribution >= 0.6 is 11.3 Å². The number of ether oxygens (including phenoxy) is 1. The Balaban J connectivity index is 1.92. The number of hydrogen-bond acceptors (Lipinski definition) is 4. The molecule has 1 heterocycles. The molecule has 21 heavy (non-hydrogen) atoms. The zero-order chi connectivity index (χ0) is 15.2. The number of rotatable bonds is 6. The number of benzene rings is 1. The van der Waals surface area contributed by atoms with E-state index in [1.165, 1.54) is 0 Å². The average Bonchev–Trinajstić information content (AvgIpc) is 2.94. The van der Waals surface area contributed by atoms with Crippen molar-refractivity contribution in [1.82, 2.24) is 0 Å². The summed E-state index contributed by atoms with van der Waals surface area (Å²) in [6, 6.07) is 9.09. The summed E-state index contributed by atoms with van der Waals surface area (Å²) >= 11 is 1.06. The number of thiophene rings is 1. The maximum atomic E-state index is 11.8. The number of carbonyl (C=O) groups is 2. The van der Waals surface area contributed by atoms with Crippen molar-refractivity contribution in [2.75, 3.05) is 11.9 Å². The first-order valence-corrected chi connectivity index (χ1v) is 7.30. The summed E-state index contributed by atoms with van der Waals surface area (Å²) in [6.45, 7) is 1.81. The topological polar surface area (TPSA) is 75.6 Å². The molecular weight excluding hydrogens is 290 g/mol. The van der Waals surface area contributed by atoms with Crippen molar-refractivity contribution in [3.05, 3.63) is 46.2 Å². The number of aryl methyl sites for hydroxylation is 1. The molecule has 0 saturated heterocycles. The van der Waals surface area contributed by atoms with Crippen LogP contribution in [0, 0.1) is 0 Å². The molecule has 0 aliphatic rings. The molecule has 2 N–H and O–H groups in total. The number of anilines is 1. The van der Waals surface area contributed by atoms with Gasteiger partial charge in [0.25, 0.3) is 5.91 Å². The van der Waals surface area contributed by atoms with Gasteiger partial charge in [-0.1, -0.05) is 19.1 Å². The summed E-state index contributed by atoms with van der Waals surface area (Å²) in [4.78, 5) is 22.8.